The number of aryl methyl sites for hydroxylation is 1. The topological polar surface area (TPSA) is 87.3 Å². The molecule has 3 aromatic rings. The number of aromatic nitrogens is 3. The van der Waals surface area contributed by atoms with E-state index in [-0.39, 0.29) is 23.8 Å². The monoisotopic (exact) mass is 490 g/mol. The van der Waals surface area contributed by atoms with Crippen molar-refractivity contribution < 1.29 is 22.3 Å². The summed E-state index contributed by atoms with van der Waals surface area (Å²) in [4.78, 5) is 25.0. The van der Waals surface area contributed by atoms with Gasteiger partial charge in [0.15, 0.2) is 5.82 Å². The van der Waals surface area contributed by atoms with Crippen LogP contribution in [0.2, 0.25) is 0 Å². The second-order valence-corrected chi connectivity index (χ2v) is 8.23. The van der Waals surface area contributed by atoms with E-state index in [1.807, 2.05) is 22.8 Å². The first kappa shape index (κ1) is 24.4. The number of piperazine rings is 1. The SMILES string of the molecule is CCC1CN(c2nc(=O)n(C)c3ccc(C#N)nc23)CCN1Cc1ccc(OC(F)(F)F)cc1F. The Morgan fingerprint density at radius 2 is 1.97 bits per heavy atom. The van der Waals surface area contributed by atoms with Crippen LogP contribution in [0.3, 0.4) is 0 Å². The molecule has 0 aliphatic carbocycles. The summed E-state index contributed by atoms with van der Waals surface area (Å²) in [5.74, 6) is -1.00. The molecule has 1 unspecified atom stereocenters. The van der Waals surface area contributed by atoms with Gasteiger partial charge in [0.25, 0.3) is 0 Å². The third-order valence-electron chi connectivity index (χ3n) is 6.06. The fourth-order valence-electron chi connectivity index (χ4n) is 4.24. The molecule has 0 spiro atoms. The number of nitrogens with zero attached hydrogens (tertiary/aromatic N) is 6. The van der Waals surface area contributed by atoms with Gasteiger partial charge in [-0.1, -0.05) is 13.0 Å². The van der Waals surface area contributed by atoms with Crippen molar-refractivity contribution in [1.82, 2.24) is 19.4 Å². The Labute approximate surface area is 198 Å². The molecule has 1 saturated heterocycles. The maximum Gasteiger partial charge on any atom is 0.573 e. The van der Waals surface area contributed by atoms with E-state index in [4.69, 9.17) is 0 Å². The zero-order chi connectivity index (χ0) is 25.3. The highest BCUT2D eigenvalue weighted by Gasteiger charge is 2.32. The highest BCUT2D eigenvalue weighted by Crippen LogP contribution is 2.28. The molecule has 1 aliphatic rings. The van der Waals surface area contributed by atoms with Gasteiger partial charge in [-0.2, -0.15) is 10.2 Å². The Morgan fingerprint density at radius 1 is 1.20 bits per heavy atom. The lowest BCUT2D eigenvalue weighted by Gasteiger charge is -2.42. The van der Waals surface area contributed by atoms with Gasteiger partial charge in [0, 0.05) is 50.9 Å². The molecule has 2 aromatic heterocycles. The van der Waals surface area contributed by atoms with E-state index in [9.17, 15) is 27.6 Å². The van der Waals surface area contributed by atoms with Crippen LogP contribution in [0.15, 0.2) is 35.1 Å². The molecule has 0 bridgehead atoms. The summed E-state index contributed by atoms with van der Waals surface area (Å²) in [7, 11) is 1.58. The van der Waals surface area contributed by atoms with Crippen LogP contribution in [0.1, 0.15) is 24.6 Å². The van der Waals surface area contributed by atoms with Crippen molar-refractivity contribution in [2.45, 2.75) is 32.3 Å². The standard InChI is InChI=1S/C23H22F4N6O2/c1-3-16-13-33(21-20-19(31(2)22(34)30-21)7-5-15(11-28)29-20)9-8-32(16)12-14-4-6-17(10-18(14)24)35-23(25,26)27/h4-7,10,16H,3,8-9,12-13H2,1-2H3. The summed E-state index contributed by atoms with van der Waals surface area (Å²) in [5.41, 5.74) is 1.01. The molecule has 3 heterocycles. The quantitative estimate of drug-likeness (QED) is 0.507. The normalized spacial score (nSPS) is 16.9. The molecule has 1 aromatic carbocycles. The summed E-state index contributed by atoms with van der Waals surface area (Å²) in [6, 6.07) is 8.27. The van der Waals surface area contributed by atoms with Gasteiger partial charge in [-0.15, -0.1) is 13.2 Å². The van der Waals surface area contributed by atoms with E-state index in [1.165, 1.54) is 16.7 Å². The summed E-state index contributed by atoms with van der Waals surface area (Å²) < 4.78 is 56.9. The van der Waals surface area contributed by atoms with Crippen molar-refractivity contribution in [3.8, 4) is 11.8 Å². The summed E-state index contributed by atoms with van der Waals surface area (Å²) in [6.07, 6.45) is -4.19. The van der Waals surface area contributed by atoms with Gasteiger partial charge in [0.05, 0.1) is 5.52 Å². The van der Waals surface area contributed by atoms with Gasteiger partial charge >= 0.3 is 12.1 Å². The first-order valence-corrected chi connectivity index (χ1v) is 10.9. The number of nitriles is 1. The number of benzene rings is 1. The zero-order valence-electron chi connectivity index (χ0n) is 19.0. The molecular formula is C23H22F4N6O2. The number of hydrogen-bond donors (Lipinski definition) is 0. The number of halogens is 4. The molecule has 1 aliphatic heterocycles. The average Bonchev–Trinajstić information content (AvgIpc) is 2.82. The molecule has 4 rings (SSSR count). The van der Waals surface area contributed by atoms with Crippen LogP contribution >= 0.6 is 0 Å². The highest BCUT2D eigenvalue weighted by molar-refractivity contribution is 5.86. The Hall–Kier alpha value is -3.72. The van der Waals surface area contributed by atoms with Crippen molar-refractivity contribution in [2.75, 3.05) is 24.5 Å². The molecule has 0 radical (unpaired) electrons. The van der Waals surface area contributed by atoms with Gasteiger partial charge in [0.1, 0.15) is 28.8 Å². The molecule has 8 nitrogen and oxygen atoms in total. The van der Waals surface area contributed by atoms with Crippen LogP contribution in [-0.2, 0) is 13.6 Å². The minimum Gasteiger partial charge on any atom is -0.406 e. The van der Waals surface area contributed by atoms with Gasteiger partial charge in [-0.25, -0.2) is 14.2 Å². The van der Waals surface area contributed by atoms with Crippen LogP contribution in [0.4, 0.5) is 23.4 Å². The van der Waals surface area contributed by atoms with Crippen LogP contribution in [0.5, 0.6) is 5.75 Å². The van der Waals surface area contributed by atoms with Gasteiger partial charge in [-0.05, 0) is 24.6 Å². The molecule has 0 amide bonds. The molecule has 184 valence electrons. The smallest absolute Gasteiger partial charge is 0.406 e. The first-order chi connectivity index (χ1) is 16.6. The predicted octanol–water partition coefficient (Wildman–Crippen LogP) is 3.34. The van der Waals surface area contributed by atoms with E-state index >= 15 is 0 Å². The number of pyridine rings is 1. The Balaban J connectivity index is 1.57. The fraction of sp³-hybridized carbons (Fsp3) is 0.391. The van der Waals surface area contributed by atoms with E-state index in [0.717, 1.165) is 12.1 Å². The Morgan fingerprint density at radius 3 is 2.63 bits per heavy atom. The summed E-state index contributed by atoms with van der Waals surface area (Å²) in [6.45, 7) is 3.60. The van der Waals surface area contributed by atoms with E-state index in [2.05, 4.69) is 14.7 Å². The summed E-state index contributed by atoms with van der Waals surface area (Å²) in [5, 5.41) is 9.26. The van der Waals surface area contributed by atoms with Crippen molar-refractivity contribution in [3.05, 3.63) is 57.9 Å². The van der Waals surface area contributed by atoms with Crippen LogP contribution in [0, 0.1) is 17.1 Å². The number of rotatable bonds is 5. The number of fused-ring (bicyclic) bond motifs is 1. The lowest BCUT2D eigenvalue weighted by Crippen LogP contribution is -2.53. The van der Waals surface area contributed by atoms with Crippen molar-refractivity contribution in [2.24, 2.45) is 7.05 Å². The minimum absolute atomic E-state index is 0.0469. The van der Waals surface area contributed by atoms with Gasteiger partial charge < -0.3 is 9.64 Å². The highest BCUT2D eigenvalue weighted by atomic mass is 19.4. The van der Waals surface area contributed by atoms with Gasteiger partial charge in [-0.3, -0.25) is 9.47 Å². The lowest BCUT2D eigenvalue weighted by molar-refractivity contribution is -0.274. The lowest BCUT2D eigenvalue weighted by atomic mass is 10.1. The molecule has 35 heavy (non-hydrogen) atoms. The fourth-order valence-corrected chi connectivity index (χ4v) is 4.24. The number of alkyl halides is 3. The Kier molecular flexibility index (Phi) is 6.62. The molecule has 1 fully saturated rings. The second kappa shape index (κ2) is 9.50. The van der Waals surface area contributed by atoms with Crippen LogP contribution in [-0.4, -0.2) is 51.5 Å². The molecule has 0 saturated carbocycles. The molecular weight excluding hydrogens is 468 g/mol. The molecule has 1 atom stereocenters. The maximum absolute atomic E-state index is 14.5. The Bertz CT molecular complexity index is 1350. The van der Waals surface area contributed by atoms with E-state index < -0.39 is 23.6 Å². The van der Waals surface area contributed by atoms with Gasteiger partial charge in [0.2, 0.25) is 0 Å². The molecule has 12 heteroatoms. The maximum atomic E-state index is 14.5. The van der Waals surface area contributed by atoms with Crippen molar-refractivity contribution in [1.29, 1.82) is 5.26 Å². The molecule has 0 N–H and O–H groups in total. The largest absolute Gasteiger partial charge is 0.573 e. The zero-order valence-corrected chi connectivity index (χ0v) is 19.0. The number of hydrogen-bond acceptors (Lipinski definition) is 7. The van der Waals surface area contributed by atoms with E-state index in [0.29, 0.717) is 42.9 Å². The number of anilines is 1. The second-order valence-electron chi connectivity index (χ2n) is 8.23. The average molecular weight is 490 g/mol. The van der Waals surface area contributed by atoms with Crippen LogP contribution < -0.4 is 15.3 Å². The third kappa shape index (κ3) is 5.19. The predicted molar refractivity (Wildman–Crippen MR) is 119 cm³/mol. The van der Waals surface area contributed by atoms with Crippen molar-refractivity contribution >= 4 is 16.9 Å². The first-order valence-electron chi connectivity index (χ1n) is 10.9. The van der Waals surface area contributed by atoms with Crippen molar-refractivity contribution in [3.63, 3.8) is 0 Å². The summed E-state index contributed by atoms with van der Waals surface area (Å²) >= 11 is 0. The third-order valence-corrected chi connectivity index (χ3v) is 6.06. The minimum atomic E-state index is -4.89. The van der Waals surface area contributed by atoms with Crippen LogP contribution in [0.25, 0.3) is 11.0 Å². The number of ether oxygens (including phenoxy) is 1. The van der Waals surface area contributed by atoms with E-state index in [1.54, 1.807) is 13.1 Å².